The number of hydrogen-bond donors (Lipinski definition) is 2. The van der Waals surface area contributed by atoms with Gasteiger partial charge in [-0.25, -0.2) is 0 Å². The number of benzene rings is 1. The largest absolute Gasteiger partial charge is 0.491 e. The molecule has 0 saturated heterocycles. The van der Waals surface area contributed by atoms with Crippen molar-refractivity contribution in [3.63, 3.8) is 0 Å². The molecule has 0 aromatic heterocycles. The maximum absolute atomic E-state index is 11.8. The van der Waals surface area contributed by atoms with E-state index >= 15 is 0 Å². The molecule has 0 heterocycles. The fourth-order valence-electron chi connectivity index (χ4n) is 1.63. The SMILES string of the molecule is CC(C)NC(=O)C(C)Nc1ccc(OC(C)C)cc1. The van der Waals surface area contributed by atoms with Crippen molar-refractivity contribution >= 4 is 11.6 Å². The third kappa shape index (κ3) is 5.64. The minimum Gasteiger partial charge on any atom is -0.491 e. The van der Waals surface area contributed by atoms with Crippen LogP contribution in [0.1, 0.15) is 34.6 Å². The van der Waals surface area contributed by atoms with Crippen LogP contribution >= 0.6 is 0 Å². The predicted octanol–water partition coefficient (Wildman–Crippen LogP) is 2.80. The monoisotopic (exact) mass is 264 g/mol. The standard InChI is InChI=1S/C15H24N2O2/c1-10(2)16-15(18)12(5)17-13-6-8-14(9-7-13)19-11(3)4/h6-12,17H,1-5H3,(H,16,18). The second-order valence-electron chi connectivity index (χ2n) is 5.22. The molecule has 106 valence electrons. The summed E-state index contributed by atoms with van der Waals surface area (Å²) in [4.78, 5) is 11.8. The number of ether oxygens (including phenoxy) is 1. The Hall–Kier alpha value is -1.71. The van der Waals surface area contributed by atoms with E-state index in [4.69, 9.17) is 4.74 Å². The summed E-state index contributed by atoms with van der Waals surface area (Å²) in [5.74, 6) is 0.831. The third-order valence-electron chi connectivity index (χ3n) is 2.43. The molecule has 1 rings (SSSR count). The van der Waals surface area contributed by atoms with E-state index in [-0.39, 0.29) is 24.1 Å². The lowest BCUT2D eigenvalue weighted by molar-refractivity contribution is -0.122. The Labute approximate surface area is 115 Å². The summed E-state index contributed by atoms with van der Waals surface area (Å²) in [5, 5.41) is 6.03. The number of rotatable bonds is 6. The zero-order valence-electron chi connectivity index (χ0n) is 12.4. The Morgan fingerprint density at radius 2 is 1.63 bits per heavy atom. The van der Waals surface area contributed by atoms with E-state index in [2.05, 4.69) is 10.6 Å². The molecule has 4 heteroatoms. The van der Waals surface area contributed by atoms with Crippen molar-refractivity contribution in [3.05, 3.63) is 24.3 Å². The average molecular weight is 264 g/mol. The van der Waals surface area contributed by atoms with Gasteiger partial charge in [0.15, 0.2) is 0 Å². The zero-order valence-corrected chi connectivity index (χ0v) is 12.4. The number of carbonyl (C=O) groups excluding carboxylic acids is 1. The highest BCUT2D eigenvalue weighted by Gasteiger charge is 2.13. The van der Waals surface area contributed by atoms with Crippen molar-refractivity contribution in [1.82, 2.24) is 5.32 Å². The van der Waals surface area contributed by atoms with Crippen molar-refractivity contribution in [2.75, 3.05) is 5.32 Å². The summed E-state index contributed by atoms with van der Waals surface area (Å²) in [5.41, 5.74) is 0.905. The van der Waals surface area contributed by atoms with E-state index in [9.17, 15) is 4.79 Å². The van der Waals surface area contributed by atoms with Crippen LogP contribution in [-0.4, -0.2) is 24.1 Å². The van der Waals surface area contributed by atoms with Crippen molar-refractivity contribution < 1.29 is 9.53 Å². The number of carbonyl (C=O) groups is 1. The molecule has 19 heavy (non-hydrogen) atoms. The molecule has 0 fully saturated rings. The normalized spacial score (nSPS) is 12.4. The van der Waals surface area contributed by atoms with Gasteiger partial charge in [-0.05, 0) is 58.9 Å². The van der Waals surface area contributed by atoms with Gasteiger partial charge in [0.2, 0.25) is 5.91 Å². The van der Waals surface area contributed by atoms with Crippen LogP contribution in [0.15, 0.2) is 24.3 Å². The maximum atomic E-state index is 11.8. The number of hydrogen-bond acceptors (Lipinski definition) is 3. The van der Waals surface area contributed by atoms with E-state index < -0.39 is 0 Å². The second-order valence-corrected chi connectivity index (χ2v) is 5.22. The van der Waals surface area contributed by atoms with E-state index in [1.807, 2.05) is 58.9 Å². The molecule has 0 radical (unpaired) electrons. The first-order chi connectivity index (χ1) is 8.88. The van der Waals surface area contributed by atoms with Gasteiger partial charge in [0, 0.05) is 11.7 Å². The summed E-state index contributed by atoms with van der Waals surface area (Å²) in [6, 6.07) is 7.51. The Kier molecular flexibility index (Phi) is 5.67. The molecule has 1 unspecified atom stereocenters. The molecule has 1 aromatic rings. The van der Waals surface area contributed by atoms with Gasteiger partial charge in [0.25, 0.3) is 0 Å². The Morgan fingerprint density at radius 3 is 2.11 bits per heavy atom. The van der Waals surface area contributed by atoms with Gasteiger partial charge >= 0.3 is 0 Å². The highest BCUT2D eigenvalue weighted by atomic mass is 16.5. The minimum absolute atomic E-state index is 0.00231. The van der Waals surface area contributed by atoms with E-state index in [0.29, 0.717) is 0 Å². The minimum atomic E-state index is -0.265. The first kappa shape index (κ1) is 15.3. The van der Waals surface area contributed by atoms with Crippen LogP contribution in [0.2, 0.25) is 0 Å². The first-order valence-electron chi connectivity index (χ1n) is 6.72. The van der Waals surface area contributed by atoms with E-state index in [1.165, 1.54) is 0 Å². The topological polar surface area (TPSA) is 50.4 Å². The van der Waals surface area contributed by atoms with Crippen LogP contribution in [0.25, 0.3) is 0 Å². The van der Waals surface area contributed by atoms with Crippen LogP contribution < -0.4 is 15.4 Å². The summed E-state index contributed by atoms with van der Waals surface area (Å²) in [7, 11) is 0. The molecule has 0 spiro atoms. The van der Waals surface area contributed by atoms with Gasteiger partial charge < -0.3 is 15.4 Å². The van der Waals surface area contributed by atoms with Gasteiger partial charge in [0.1, 0.15) is 11.8 Å². The van der Waals surface area contributed by atoms with Gasteiger partial charge in [0.05, 0.1) is 6.10 Å². The quantitative estimate of drug-likeness (QED) is 0.830. The Bertz CT molecular complexity index is 399. The predicted molar refractivity (Wildman–Crippen MR) is 78.6 cm³/mol. The molecule has 0 bridgehead atoms. The van der Waals surface area contributed by atoms with Crippen molar-refractivity contribution in [3.8, 4) is 5.75 Å². The van der Waals surface area contributed by atoms with Gasteiger partial charge in [-0.2, -0.15) is 0 Å². The molecule has 1 atom stereocenters. The van der Waals surface area contributed by atoms with Crippen molar-refractivity contribution in [2.24, 2.45) is 0 Å². The molecule has 1 aromatic carbocycles. The molecule has 0 saturated carbocycles. The third-order valence-corrected chi connectivity index (χ3v) is 2.43. The molecule has 2 N–H and O–H groups in total. The summed E-state index contributed by atoms with van der Waals surface area (Å²) in [6.07, 6.45) is 0.162. The lowest BCUT2D eigenvalue weighted by Crippen LogP contribution is -2.40. The summed E-state index contributed by atoms with van der Waals surface area (Å²) in [6.45, 7) is 9.72. The van der Waals surface area contributed by atoms with Crippen LogP contribution in [0.3, 0.4) is 0 Å². The van der Waals surface area contributed by atoms with E-state index in [1.54, 1.807) is 0 Å². The van der Waals surface area contributed by atoms with Crippen LogP contribution in [0, 0.1) is 0 Å². The average Bonchev–Trinajstić information content (AvgIpc) is 2.30. The number of amides is 1. The fraction of sp³-hybridized carbons (Fsp3) is 0.533. The van der Waals surface area contributed by atoms with Crippen LogP contribution in [0.5, 0.6) is 5.75 Å². The Morgan fingerprint density at radius 1 is 1.05 bits per heavy atom. The zero-order chi connectivity index (χ0) is 14.4. The molecular weight excluding hydrogens is 240 g/mol. The smallest absolute Gasteiger partial charge is 0.242 e. The van der Waals surface area contributed by atoms with Gasteiger partial charge in [-0.3, -0.25) is 4.79 Å². The highest BCUT2D eigenvalue weighted by Crippen LogP contribution is 2.17. The fourth-order valence-corrected chi connectivity index (χ4v) is 1.63. The Balaban J connectivity index is 2.55. The van der Waals surface area contributed by atoms with E-state index in [0.717, 1.165) is 11.4 Å². The number of anilines is 1. The first-order valence-corrected chi connectivity index (χ1v) is 6.72. The highest BCUT2D eigenvalue weighted by molar-refractivity contribution is 5.84. The summed E-state index contributed by atoms with van der Waals surface area (Å²) >= 11 is 0. The van der Waals surface area contributed by atoms with Gasteiger partial charge in [-0.15, -0.1) is 0 Å². The number of nitrogens with one attached hydrogen (secondary N) is 2. The maximum Gasteiger partial charge on any atom is 0.242 e. The van der Waals surface area contributed by atoms with Crippen LogP contribution in [0.4, 0.5) is 5.69 Å². The summed E-state index contributed by atoms with van der Waals surface area (Å²) < 4.78 is 5.57. The molecule has 0 aliphatic rings. The molecule has 1 amide bonds. The van der Waals surface area contributed by atoms with Crippen LogP contribution in [-0.2, 0) is 4.79 Å². The lowest BCUT2D eigenvalue weighted by Gasteiger charge is -2.17. The van der Waals surface area contributed by atoms with Crippen molar-refractivity contribution in [1.29, 1.82) is 0 Å². The molecule has 0 aliphatic heterocycles. The lowest BCUT2D eigenvalue weighted by atomic mass is 10.2. The van der Waals surface area contributed by atoms with Crippen molar-refractivity contribution in [2.45, 2.75) is 52.8 Å². The molecule has 0 aliphatic carbocycles. The van der Waals surface area contributed by atoms with Gasteiger partial charge in [-0.1, -0.05) is 0 Å². The second kappa shape index (κ2) is 7.02. The molecular formula is C15H24N2O2. The molecule has 4 nitrogen and oxygen atoms in total.